The molecule has 2 aromatic rings. The number of esters is 2. The molecule has 9 heteroatoms. The minimum atomic E-state index is -1.71. The van der Waals surface area contributed by atoms with Crippen molar-refractivity contribution in [3.8, 4) is 0 Å². The normalized spacial score (nSPS) is 12.8. The summed E-state index contributed by atoms with van der Waals surface area (Å²) >= 11 is 12.3. The summed E-state index contributed by atoms with van der Waals surface area (Å²) in [7, 11) is 2.35. The maximum Gasteiger partial charge on any atom is 0.337 e. The molecule has 0 saturated heterocycles. The molecule has 1 atom stereocenters. The first-order valence-electron chi connectivity index (χ1n) is 7.58. The molecule has 0 aliphatic rings. The fourth-order valence-corrected chi connectivity index (χ4v) is 3.27. The van der Waals surface area contributed by atoms with Crippen LogP contribution in [-0.4, -0.2) is 31.1 Å². The van der Waals surface area contributed by atoms with E-state index in [2.05, 4.69) is 4.74 Å². The Bertz CT molecular complexity index is 930. The van der Waals surface area contributed by atoms with Crippen LogP contribution in [0, 0.1) is 10.1 Å². The Balaban J connectivity index is 2.89. The van der Waals surface area contributed by atoms with Crippen molar-refractivity contribution in [3.63, 3.8) is 0 Å². The van der Waals surface area contributed by atoms with Crippen LogP contribution in [0.15, 0.2) is 36.4 Å². The summed E-state index contributed by atoms with van der Waals surface area (Å²) in [5.74, 6) is -1.46. The van der Waals surface area contributed by atoms with Crippen LogP contribution in [0.3, 0.4) is 0 Å². The van der Waals surface area contributed by atoms with Gasteiger partial charge in [-0.3, -0.25) is 14.9 Å². The molecule has 0 heterocycles. The number of carbonyl (C=O) groups excluding carboxylic acids is 2. The van der Waals surface area contributed by atoms with Gasteiger partial charge >= 0.3 is 11.9 Å². The van der Waals surface area contributed by atoms with Gasteiger partial charge in [-0.2, -0.15) is 0 Å². The lowest BCUT2D eigenvalue weighted by Crippen LogP contribution is -2.36. The Morgan fingerprint density at radius 3 is 2.26 bits per heavy atom. The fourth-order valence-electron chi connectivity index (χ4n) is 2.79. The van der Waals surface area contributed by atoms with Gasteiger partial charge < -0.3 is 9.47 Å². The number of rotatable bonds is 5. The summed E-state index contributed by atoms with van der Waals surface area (Å²) in [6.45, 7) is 1.42. The predicted octanol–water partition coefficient (Wildman–Crippen LogP) is 4.17. The lowest BCUT2D eigenvalue weighted by Gasteiger charge is -2.28. The molecule has 0 amide bonds. The lowest BCUT2D eigenvalue weighted by molar-refractivity contribution is -0.385. The second-order valence-electron chi connectivity index (χ2n) is 5.72. The smallest absolute Gasteiger partial charge is 0.337 e. The average Bonchev–Trinajstić information content (AvgIpc) is 2.66. The van der Waals surface area contributed by atoms with E-state index in [9.17, 15) is 19.7 Å². The van der Waals surface area contributed by atoms with E-state index in [0.717, 1.165) is 7.11 Å². The Hall–Kier alpha value is -2.64. The zero-order valence-electron chi connectivity index (χ0n) is 14.6. The maximum absolute atomic E-state index is 12.8. The molecule has 0 aromatic heterocycles. The molecular weight excluding hydrogens is 397 g/mol. The fraction of sp³-hybridized carbons (Fsp3) is 0.222. The molecule has 0 spiro atoms. The van der Waals surface area contributed by atoms with E-state index >= 15 is 0 Å². The van der Waals surface area contributed by atoms with Crippen LogP contribution in [0.25, 0.3) is 0 Å². The van der Waals surface area contributed by atoms with Gasteiger partial charge in [0.2, 0.25) is 0 Å². The number of benzene rings is 2. The summed E-state index contributed by atoms with van der Waals surface area (Å²) in [4.78, 5) is 35.6. The third kappa shape index (κ3) is 3.74. The molecular formula is C18H15Cl2NO6. The van der Waals surface area contributed by atoms with Crippen LogP contribution < -0.4 is 0 Å². The van der Waals surface area contributed by atoms with Crippen molar-refractivity contribution >= 4 is 40.8 Å². The molecule has 0 saturated carbocycles. The number of nitrogens with zero attached hydrogens (tertiary/aromatic N) is 1. The SMILES string of the molecule is COC(=O)c1ccc(Cl)c([C@@](C)(C(=O)OC)c2cc(Cl)ccc2[N+](=O)[O-])c1. The van der Waals surface area contributed by atoms with Crippen molar-refractivity contribution in [1.82, 2.24) is 0 Å². The highest BCUT2D eigenvalue weighted by atomic mass is 35.5. The van der Waals surface area contributed by atoms with Crippen LogP contribution in [-0.2, 0) is 19.7 Å². The molecule has 2 aromatic carbocycles. The number of nitro benzene ring substituents is 1. The Morgan fingerprint density at radius 2 is 1.70 bits per heavy atom. The van der Waals surface area contributed by atoms with E-state index in [1.165, 1.54) is 50.4 Å². The first kappa shape index (κ1) is 20.7. The molecule has 0 aliphatic heterocycles. The van der Waals surface area contributed by atoms with Gasteiger partial charge in [0.1, 0.15) is 5.41 Å². The Morgan fingerprint density at radius 1 is 1.04 bits per heavy atom. The summed E-state index contributed by atoms with van der Waals surface area (Å²) in [6.07, 6.45) is 0. The zero-order chi connectivity index (χ0) is 20.4. The highest BCUT2D eigenvalue weighted by Crippen LogP contribution is 2.42. The van der Waals surface area contributed by atoms with E-state index in [1.807, 2.05) is 0 Å². The van der Waals surface area contributed by atoms with E-state index in [4.69, 9.17) is 27.9 Å². The molecule has 0 radical (unpaired) electrons. The molecule has 0 bridgehead atoms. The minimum Gasteiger partial charge on any atom is -0.468 e. The Labute approximate surface area is 164 Å². The zero-order valence-corrected chi connectivity index (χ0v) is 16.1. The van der Waals surface area contributed by atoms with E-state index in [0.29, 0.717) is 0 Å². The van der Waals surface area contributed by atoms with Crippen LogP contribution in [0.5, 0.6) is 0 Å². The number of ether oxygens (including phenoxy) is 2. The van der Waals surface area contributed by atoms with Gasteiger partial charge in [-0.1, -0.05) is 23.2 Å². The topological polar surface area (TPSA) is 95.7 Å². The van der Waals surface area contributed by atoms with Crippen molar-refractivity contribution < 1.29 is 24.0 Å². The second-order valence-corrected chi connectivity index (χ2v) is 6.57. The van der Waals surface area contributed by atoms with Gasteiger partial charge in [0.25, 0.3) is 5.69 Å². The molecule has 27 heavy (non-hydrogen) atoms. The first-order valence-corrected chi connectivity index (χ1v) is 8.33. The molecule has 142 valence electrons. The van der Waals surface area contributed by atoms with Gasteiger partial charge in [0.15, 0.2) is 0 Å². The van der Waals surface area contributed by atoms with Crippen molar-refractivity contribution in [2.75, 3.05) is 14.2 Å². The molecule has 0 N–H and O–H groups in total. The van der Waals surface area contributed by atoms with Gasteiger partial charge in [-0.15, -0.1) is 0 Å². The van der Waals surface area contributed by atoms with Crippen LogP contribution in [0.1, 0.15) is 28.4 Å². The van der Waals surface area contributed by atoms with Crippen LogP contribution in [0.2, 0.25) is 10.0 Å². The summed E-state index contributed by atoms with van der Waals surface area (Å²) < 4.78 is 9.59. The summed E-state index contributed by atoms with van der Waals surface area (Å²) in [5.41, 5.74) is -1.80. The highest BCUT2D eigenvalue weighted by Gasteiger charge is 2.45. The Kier molecular flexibility index (Phi) is 6.08. The van der Waals surface area contributed by atoms with Gasteiger partial charge in [-0.25, -0.2) is 4.79 Å². The predicted molar refractivity (Wildman–Crippen MR) is 99.4 cm³/mol. The van der Waals surface area contributed by atoms with Gasteiger partial charge in [-0.05, 0) is 42.8 Å². The molecule has 0 fully saturated rings. The summed E-state index contributed by atoms with van der Waals surface area (Å²) in [6, 6.07) is 8.00. The monoisotopic (exact) mass is 411 g/mol. The molecule has 2 rings (SSSR count). The van der Waals surface area contributed by atoms with E-state index in [1.54, 1.807) is 0 Å². The number of hydrogen-bond acceptors (Lipinski definition) is 6. The second kappa shape index (κ2) is 7.94. The summed E-state index contributed by atoms with van der Waals surface area (Å²) in [5, 5.41) is 11.8. The van der Waals surface area contributed by atoms with E-state index in [-0.39, 0.29) is 32.4 Å². The van der Waals surface area contributed by atoms with Crippen molar-refractivity contribution in [2.24, 2.45) is 0 Å². The van der Waals surface area contributed by atoms with Gasteiger partial charge in [0, 0.05) is 16.1 Å². The molecule has 0 unspecified atom stereocenters. The quantitative estimate of drug-likeness (QED) is 0.416. The van der Waals surface area contributed by atoms with Gasteiger partial charge in [0.05, 0.1) is 30.3 Å². The minimum absolute atomic E-state index is 0.0178. The largest absolute Gasteiger partial charge is 0.468 e. The molecule has 7 nitrogen and oxygen atoms in total. The maximum atomic E-state index is 12.8. The number of methoxy groups -OCH3 is 2. The van der Waals surface area contributed by atoms with Crippen molar-refractivity contribution in [2.45, 2.75) is 12.3 Å². The lowest BCUT2D eigenvalue weighted by atomic mass is 9.75. The van der Waals surface area contributed by atoms with E-state index < -0.39 is 22.3 Å². The highest BCUT2D eigenvalue weighted by molar-refractivity contribution is 6.32. The number of halogens is 2. The number of hydrogen-bond donors (Lipinski definition) is 0. The standard InChI is InChI=1S/C18H15Cl2NO6/c1-18(17(23)27-3,13-9-11(19)5-7-15(13)21(24)25)12-8-10(16(22)26-2)4-6-14(12)20/h4-9H,1-3H3/t18-/m1/s1. The third-order valence-electron chi connectivity index (χ3n) is 4.21. The number of carbonyl (C=O) groups is 2. The van der Waals surface area contributed by atoms with Crippen LogP contribution >= 0.6 is 23.2 Å². The third-order valence-corrected chi connectivity index (χ3v) is 4.78. The van der Waals surface area contributed by atoms with Crippen molar-refractivity contribution in [3.05, 3.63) is 73.2 Å². The number of nitro groups is 1. The first-order chi connectivity index (χ1) is 12.7. The average molecular weight is 412 g/mol. The van der Waals surface area contributed by atoms with Crippen LogP contribution in [0.4, 0.5) is 5.69 Å². The van der Waals surface area contributed by atoms with Crippen molar-refractivity contribution in [1.29, 1.82) is 0 Å². The molecule has 0 aliphatic carbocycles.